The summed E-state index contributed by atoms with van der Waals surface area (Å²) in [6.45, 7) is 3.83. The number of esters is 1. The molecule has 1 heterocycles. The number of rotatable bonds is 3. The van der Waals surface area contributed by atoms with Crippen molar-refractivity contribution in [3.63, 3.8) is 0 Å². The van der Waals surface area contributed by atoms with Crippen molar-refractivity contribution < 1.29 is 14.3 Å². The topological polar surface area (TPSA) is 85.3 Å². The van der Waals surface area contributed by atoms with Gasteiger partial charge in [-0.1, -0.05) is 36.8 Å². The first kappa shape index (κ1) is 15.6. The van der Waals surface area contributed by atoms with Crippen molar-refractivity contribution in [2.75, 3.05) is 7.11 Å². The van der Waals surface area contributed by atoms with Crippen LogP contribution in [-0.4, -0.2) is 13.1 Å². The summed E-state index contributed by atoms with van der Waals surface area (Å²) in [5.74, 6) is -0.601. The van der Waals surface area contributed by atoms with Gasteiger partial charge in [-0.15, -0.1) is 0 Å². The molecule has 114 valence electrons. The van der Waals surface area contributed by atoms with E-state index in [1.165, 1.54) is 7.11 Å². The minimum Gasteiger partial charge on any atom is -0.466 e. The fourth-order valence-electron chi connectivity index (χ4n) is 2.51. The fraction of sp³-hybridized carbons (Fsp3) is 0.294. The van der Waals surface area contributed by atoms with E-state index in [9.17, 15) is 10.1 Å². The number of nitrogens with zero attached hydrogens (tertiary/aromatic N) is 1. The van der Waals surface area contributed by atoms with Crippen molar-refractivity contribution in [2.24, 2.45) is 5.73 Å². The summed E-state index contributed by atoms with van der Waals surface area (Å²) >= 11 is 0. The molecular weight excluding hydrogens is 280 g/mol. The molecule has 5 nitrogen and oxygen atoms in total. The molecule has 0 radical (unpaired) electrons. The molecule has 2 N–H and O–H groups in total. The van der Waals surface area contributed by atoms with Crippen LogP contribution in [0.3, 0.4) is 0 Å². The van der Waals surface area contributed by atoms with E-state index < -0.39 is 11.9 Å². The smallest absolute Gasteiger partial charge is 0.338 e. The van der Waals surface area contributed by atoms with Crippen molar-refractivity contribution in [1.82, 2.24) is 0 Å². The molecular formula is C17H18N2O3. The molecule has 1 aliphatic rings. The third-order valence-corrected chi connectivity index (χ3v) is 3.63. The molecule has 0 amide bonds. The summed E-state index contributed by atoms with van der Waals surface area (Å²) in [6.07, 6.45) is 0.478. The predicted octanol–water partition coefficient (Wildman–Crippen LogP) is 2.64. The van der Waals surface area contributed by atoms with Gasteiger partial charge in [0.05, 0.1) is 18.6 Å². The van der Waals surface area contributed by atoms with E-state index in [0.717, 1.165) is 11.1 Å². The first-order valence-corrected chi connectivity index (χ1v) is 6.99. The van der Waals surface area contributed by atoms with Crippen LogP contribution in [0.25, 0.3) is 0 Å². The molecule has 0 aromatic heterocycles. The quantitative estimate of drug-likeness (QED) is 0.867. The first-order valence-electron chi connectivity index (χ1n) is 6.99. The molecule has 0 aliphatic carbocycles. The summed E-state index contributed by atoms with van der Waals surface area (Å²) in [6, 6.07) is 9.67. The lowest BCUT2D eigenvalue weighted by Gasteiger charge is -2.27. The third kappa shape index (κ3) is 2.68. The van der Waals surface area contributed by atoms with Gasteiger partial charge in [0.25, 0.3) is 0 Å². The SMILES string of the molecule is CCC1=C(C(=O)OC)[C@H](c2ccc(C)cc2)C(C#N)=C(N)O1. The van der Waals surface area contributed by atoms with Crippen LogP contribution in [0.15, 0.2) is 47.1 Å². The summed E-state index contributed by atoms with van der Waals surface area (Å²) in [5.41, 5.74) is 8.32. The Labute approximate surface area is 129 Å². The van der Waals surface area contributed by atoms with E-state index in [2.05, 4.69) is 6.07 Å². The van der Waals surface area contributed by atoms with Gasteiger partial charge in [0.15, 0.2) is 0 Å². The normalized spacial score (nSPS) is 17.8. The van der Waals surface area contributed by atoms with Gasteiger partial charge >= 0.3 is 5.97 Å². The Hall–Kier alpha value is -2.74. The van der Waals surface area contributed by atoms with E-state index in [1.807, 2.05) is 38.1 Å². The lowest BCUT2D eigenvalue weighted by atomic mass is 9.82. The molecule has 1 atom stereocenters. The van der Waals surface area contributed by atoms with Crippen LogP contribution in [0.2, 0.25) is 0 Å². The van der Waals surface area contributed by atoms with E-state index in [1.54, 1.807) is 0 Å². The Kier molecular flexibility index (Phi) is 4.52. The standard InChI is InChI=1S/C17H18N2O3/c1-4-13-15(17(20)21-3)14(12(9-18)16(19)22-13)11-7-5-10(2)6-8-11/h5-8,14H,4,19H2,1-3H3/t14-/m1/s1. The predicted molar refractivity (Wildman–Crippen MR) is 81.2 cm³/mol. The van der Waals surface area contributed by atoms with Crippen LogP contribution in [-0.2, 0) is 14.3 Å². The molecule has 0 bridgehead atoms. The van der Waals surface area contributed by atoms with Gasteiger partial charge in [-0.05, 0) is 12.5 Å². The average Bonchev–Trinajstić information content (AvgIpc) is 2.53. The molecule has 0 fully saturated rings. The van der Waals surface area contributed by atoms with Crippen LogP contribution in [0.5, 0.6) is 0 Å². The first-order chi connectivity index (χ1) is 10.5. The van der Waals surface area contributed by atoms with Crippen LogP contribution in [0.1, 0.15) is 30.4 Å². The Morgan fingerprint density at radius 2 is 2.05 bits per heavy atom. The zero-order chi connectivity index (χ0) is 16.3. The van der Waals surface area contributed by atoms with E-state index in [0.29, 0.717) is 17.8 Å². The number of carbonyl (C=O) groups is 1. The molecule has 2 rings (SSSR count). The number of nitriles is 1. The lowest BCUT2D eigenvalue weighted by Crippen LogP contribution is -2.25. The fourth-order valence-corrected chi connectivity index (χ4v) is 2.51. The molecule has 22 heavy (non-hydrogen) atoms. The van der Waals surface area contributed by atoms with E-state index >= 15 is 0 Å². The number of hydrogen-bond donors (Lipinski definition) is 1. The van der Waals surface area contributed by atoms with Crippen molar-refractivity contribution in [2.45, 2.75) is 26.2 Å². The van der Waals surface area contributed by atoms with Crippen molar-refractivity contribution in [1.29, 1.82) is 5.26 Å². The molecule has 0 spiro atoms. The van der Waals surface area contributed by atoms with E-state index in [-0.39, 0.29) is 11.5 Å². The lowest BCUT2D eigenvalue weighted by molar-refractivity contribution is -0.136. The van der Waals surface area contributed by atoms with Crippen LogP contribution in [0, 0.1) is 18.3 Å². The molecule has 0 saturated carbocycles. The van der Waals surface area contributed by atoms with Gasteiger partial charge < -0.3 is 15.2 Å². The second-order valence-corrected chi connectivity index (χ2v) is 5.02. The molecule has 0 saturated heterocycles. The Balaban J connectivity index is 2.66. The summed E-state index contributed by atoms with van der Waals surface area (Å²) < 4.78 is 10.3. The largest absolute Gasteiger partial charge is 0.466 e. The number of benzene rings is 1. The van der Waals surface area contributed by atoms with Gasteiger partial charge in [0.2, 0.25) is 5.88 Å². The number of ether oxygens (including phenoxy) is 2. The minimum absolute atomic E-state index is 0.0394. The maximum absolute atomic E-state index is 12.2. The zero-order valence-electron chi connectivity index (χ0n) is 12.8. The molecule has 1 aromatic carbocycles. The maximum Gasteiger partial charge on any atom is 0.338 e. The Morgan fingerprint density at radius 1 is 1.41 bits per heavy atom. The Bertz CT molecular complexity index is 694. The van der Waals surface area contributed by atoms with Gasteiger partial charge in [-0.25, -0.2) is 4.79 Å². The summed E-state index contributed by atoms with van der Waals surface area (Å²) in [4.78, 5) is 12.2. The Morgan fingerprint density at radius 3 is 2.55 bits per heavy atom. The minimum atomic E-state index is -0.568. The molecule has 5 heteroatoms. The zero-order valence-corrected chi connectivity index (χ0v) is 12.8. The highest BCUT2D eigenvalue weighted by molar-refractivity contribution is 5.92. The number of aryl methyl sites for hydroxylation is 1. The highest BCUT2D eigenvalue weighted by atomic mass is 16.5. The monoisotopic (exact) mass is 298 g/mol. The molecule has 0 unspecified atom stereocenters. The van der Waals surface area contributed by atoms with Crippen molar-refractivity contribution >= 4 is 5.97 Å². The van der Waals surface area contributed by atoms with Crippen molar-refractivity contribution in [3.8, 4) is 6.07 Å². The average molecular weight is 298 g/mol. The summed E-state index contributed by atoms with van der Waals surface area (Å²) in [7, 11) is 1.31. The molecule has 1 aliphatic heterocycles. The molecule has 1 aromatic rings. The van der Waals surface area contributed by atoms with E-state index in [4.69, 9.17) is 15.2 Å². The highest BCUT2D eigenvalue weighted by Gasteiger charge is 2.36. The van der Waals surface area contributed by atoms with Gasteiger partial charge in [0.1, 0.15) is 17.4 Å². The number of nitrogens with two attached hydrogens (primary N) is 1. The summed E-state index contributed by atoms with van der Waals surface area (Å²) in [5, 5.41) is 9.44. The maximum atomic E-state index is 12.2. The van der Waals surface area contributed by atoms with Crippen LogP contribution < -0.4 is 5.73 Å². The van der Waals surface area contributed by atoms with Crippen molar-refractivity contribution in [3.05, 3.63) is 58.2 Å². The third-order valence-electron chi connectivity index (χ3n) is 3.63. The number of carbonyl (C=O) groups excluding carboxylic acids is 1. The number of methoxy groups -OCH3 is 1. The number of allylic oxidation sites excluding steroid dienone is 2. The van der Waals surface area contributed by atoms with Gasteiger partial charge in [-0.3, -0.25) is 0 Å². The van der Waals surface area contributed by atoms with Crippen LogP contribution in [0.4, 0.5) is 0 Å². The second kappa shape index (κ2) is 6.35. The van der Waals surface area contributed by atoms with Crippen LogP contribution >= 0.6 is 0 Å². The second-order valence-electron chi connectivity index (χ2n) is 5.02. The number of hydrogen-bond acceptors (Lipinski definition) is 5. The van der Waals surface area contributed by atoms with Gasteiger partial charge in [0, 0.05) is 6.42 Å². The van der Waals surface area contributed by atoms with Gasteiger partial charge in [-0.2, -0.15) is 5.26 Å². The highest BCUT2D eigenvalue weighted by Crippen LogP contribution is 2.40.